The highest BCUT2D eigenvalue weighted by atomic mass is 16.6. The molecule has 0 aromatic carbocycles. The van der Waals surface area contributed by atoms with E-state index in [0.29, 0.717) is 6.54 Å². The summed E-state index contributed by atoms with van der Waals surface area (Å²) in [5, 5.41) is 20.2. The van der Waals surface area contributed by atoms with Gasteiger partial charge in [0.2, 0.25) is 0 Å². The topological polar surface area (TPSA) is 78.8 Å². The number of aliphatic hydroxyl groups is 2. The average molecular weight is 303 g/mol. The molecule has 1 amide bonds. The summed E-state index contributed by atoms with van der Waals surface area (Å²) in [4.78, 5) is 11.3. The van der Waals surface area contributed by atoms with Gasteiger partial charge in [0.05, 0.1) is 13.2 Å². The molecule has 5 nitrogen and oxygen atoms in total. The lowest BCUT2D eigenvalue weighted by atomic mass is 10.1. The Balaban J connectivity index is 3.23. The van der Waals surface area contributed by atoms with Crippen molar-refractivity contribution in [3.05, 3.63) is 0 Å². The number of rotatable bonds is 14. The number of aliphatic hydroxyl groups excluding tert-OH is 2. The lowest BCUT2D eigenvalue weighted by Crippen LogP contribution is -2.33. The van der Waals surface area contributed by atoms with Crippen LogP contribution in [0.5, 0.6) is 0 Å². The highest BCUT2D eigenvalue weighted by Gasteiger charge is 2.11. The van der Waals surface area contributed by atoms with Crippen molar-refractivity contribution in [3.63, 3.8) is 0 Å². The number of nitrogens with one attached hydrogen (secondary N) is 1. The second kappa shape index (κ2) is 15.6. The van der Waals surface area contributed by atoms with E-state index in [4.69, 9.17) is 14.9 Å². The van der Waals surface area contributed by atoms with E-state index in [1.165, 1.54) is 51.4 Å². The van der Waals surface area contributed by atoms with Crippen LogP contribution >= 0.6 is 0 Å². The lowest BCUT2D eigenvalue weighted by molar-refractivity contribution is 0.0223. The Kier molecular flexibility index (Phi) is 15.0. The zero-order valence-corrected chi connectivity index (χ0v) is 13.5. The molecule has 0 fully saturated rings. The van der Waals surface area contributed by atoms with Crippen LogP contribution in [0.1, 0.15) is 71.1 Å². The highest BCUT2D eigenvalue weighted by molar-refractivity contribution is 5.67. The summed E-state index contributed by atoms with van der Waals surface area (Å²) in [7, 11) is 0. The van der Waals surface area contributed by atoms with Crippen LogP contribution in [0.3, 0.4) is 0 Å². The third-order valence-corrected chi connectivity index (χ3v) is 3.48. The van der Waals surface area contributed by atoms with Gasteiger partial charge in [-0.1, -0.05) is 64.7 Å². The van der Waals surface area contributed by atoms with Gasteiger partial charge in [-0.25, -0.2) is 4.79 Å². The molecule has 3 N–H and O–H groups in total. The quantitative estimate of drug-likeness (QED) is 0.431. The van der Waals surface area contributed by atoms with E-state index in [-0.39, 0.29) is 13.2 Å². The number of carbonyl (C=O) groups is 1. The predicted octanol–water partition coefficient (Wildman–Crippen LogP) is 2.99. The largest absolute Gasteiger partial charge is 0.441 e. The van der Waals surface area contributed by atoms with Crippen molar-refractivity contribution in [1.82, 2.24) is 5.32 Å². The molecule has 0 radical (unpaired) electrons. The molecule has 0 rings (SSSR count). The number of ether oxygens (including phenoxy) is 1. The van der Waals surface area contributed by atoms with Gasteiger partial charge in [-0.05, 0) is 6.42 Å². The molecular weight excluding hydrogens is 270 g/mol. The van der Waals surface area contributed by atoms with Crippen LogP contribution in [0, 0.1) is 0 Å². The van der Waals surface area contributed by atoms with Gasteiger partial charge in [0, 0.05) is 6.54 Å². The molecule has 126 valence electrons. The lowest BCUT2D eigenvalue weighted by Gasteiger charge is -2.13. The number of unbranched alkanes of at least 4 members (excludes halogenated alkanes) is 9. The van der Waals surface area contributed by atoms with Crippen molar-refractivity contribution in [1.29, 1.82) is 0 Å². The van der Waals surface area contributed by atoms with Crippen molar-refractivity contribution >= 4 is 6.09 Å². The Morgan fingerprint density at radius 1 is 0.905 bits per heavy atom. The number of amides is 1. The Bertz CT molecular complexity index is 232. The van der Waals surface area contributed by atoms with Gasteiger partial charge < -0.3 is 20.3 Å². The number of alkyl carbamates (subject to hydrolysis) is 1. The van der Waals surface area contributed by atoms with E-state index < -0.39 is 12.2 Å². The van der Waals surface area contributed by atoms with Crippen LogP contribution in [-0.4, -0.2) is 42.2 Å². The number of hydrogen-bond donors (Lipinski definition) is 3. The Morgan fingerprint density at radius 2 is 1.38 bits per heavy atom. The zero-order chi connectivity index (χ0) is 15.8. The van der Waals surface area contributed by atoms with E-state index >= 15 is 0 Å². The molecule has 0 bridgehead atoms. The minimum atomic E-state index is -0.822. The molecule has 0 aliphatic heterocycles. The highest BCUT2D eigenvalue weighted by Crippen LogP contribution is 2.10. The van der Waals surface area contributed by atoms with Crippen LogP contribution < -0.4 is 5.32 Å². The van der Waals surface area contributed by atoms with Gasteiger partial charge in [-0.15, -0.1) is 0 Å². The molecular formula is C16H33NO4. The standard InChI is InChI=1S/C16H33NO4/c1-2-3-4-5-6-7-8-9-10-11-12-17-16(20)21-15(13-18)14-19/h15,18-19H,2-14H2,1H3,(H,17,20). The fraction of sp³-hybridized carbons (Fsp3) is 0.938. The van der Waals surface area contributed by atoms with Crippen LogP contribution in [0.25, 0.3) is 0 Å². The minimum absolute atomic E-state index is 0.359. The first-order valence-corrected chi connectivity index (χ1v) is 8.40. The first-order chi connectivity index (χ1) is 10.2. The molecule has 0 aromatic rings. The average Bonchev–Trinajstić information content (AvgIpc) is 2.50. The van der Waals surface area contributed by atoms with Crippen molar-refractivity contribution in [2.75, 3.05) is 19.8 Å². The maximum atomic E-state index is 11.3. The fourth-order valence-corrected chi connectivity index (χ4v) is 2.13. The monoisotopic (exact) mass is 303 g/mol. The molecule has 21 heavy (non-hydrogen) atoms. The van der Waals surface area contributed by atoms with Crippen LogP contribution in [0.4, 0.5) is 4.79 Å². The normalized spacial score (nSPS) is 10.9. The molecule has 0 aliphatic rings. The maximum Gasteiger partial charge on any atom is 0.407 e. The molecule has 0 atom stereocenters. The molecule has 0 aliphatic carbocycles. The second-order valence-corrected chi connectivity index (χ2v) is 5.50. The summed E-state index contributed by atoms with van der Waals surface area (Å²) >= 11 is 0. The summed E-state index contributed by atoms with van der Waals surface area (Å²) < 4.78 is 4.79. The third kappa shape index (κ3) is 13.9. The van der Waals surface area contributed by atoms with E-state index in [2.05, 4.69) is 12.2 Å². The summed E-state index contributed by atoms with van der Waals surface area (Å²) in [5.74, 6) is 0. The Morgan fingerprint density at radius 3 is 1.86 bits per heavy atom. The molecule has 0 unspecified atom stereocenters. The molecule has 0 saturated heterocycles. The van der Waals surface area contributed by atoms with Crippen molar-refractivity contribution < 1.29 is 19.7 Å². The van der Waals surface area contributed by atoms with Gasteiger partial charge in [0.1, 0.15) is 6.10 Å². The van der Waals surface area contributed by atoms with Gasteiger partial charge in [-0.2, -0.15) is 0 Å². The Hall–Kier alpha value is -0.810. The summed E-state index contributed by atoms with van der Waals surface area (Å²) in [6.07, 6.45) is 11.2. The van der Waals surface area contributed by atoms with Gasteiger partial charge in [0.15, 0.2) is 0 Å². The summed E-state index contributed by atoms with van der Waals surface area (Å²) in [6.45, 7) is 2.10. The zero-order valence-electron chi connectivity index (χ0n) is 13.5. The first kappa shape index (κ1) is 20.2. The molecule has 0 spiro atoms. The van der Waals surface area contributed by atoms with Crippen LogP contribution in [-0.2, 0) is 4.74 Å². The van der Waals surface area contributed by atoms with Gasteiger partial charge in [-0.3, -0.25) is 0 Å². The number of carbonyl (C=O) groups excluding carboxylic acids is 1. The third-order valence-electron chi connectivity index (χ3n) is 3.48. The van der Waals surface area contributed by atoms with E-state index in [1.807, 2.05) is 0 Å². The van der Waals surface area contributed by atoms with E-state index in [9.17, 15) is 4.79 Å². The van der Waals surface area contributed by atoms with Crippen LogP contribution in [0.15, 0.2) is 0 Å². The second-order valence-electron chi connectivity index (χ2n) is 5.50. The maximum absolute atomic E-state index is 11.3. The van der Waals surface area contributed by atoms with Gasteiger partial charge >= 0.3 is 6.09 Å². The first-order valence-electron chi connectivity index (χ1n) is 8.40. The molecule has 0 saturated carbocycles. The fourth-order valence-electron chi connectivity index (χ4n) is 2.13. The van der Waals surface area contributed by atoms with Gasteiger partial charge in [0.25, 0.3) is 0 Å². The smallest absolute Gasteiger partial charge is 0.407 e. The van der Waals surface area contributed by atoms with Crippen molar-refractivity contribution in [2.24, 2.45) is 0 Å². The van der Waals surface area contributed by atoms with Crippen molar-refractivity contribution in [3.8, 4) is 0 Å². The van der Waals surface area contributed by atoms with Crippen molar-refractivity contribution in [2.45, 2.75) is 77.2 Å². The summed E-state index contributed by atoms with van der Waals surface area (Å²) in [6, 6.07) is 0. The number of hydrogen-bond acceptors (Lipinski definition) is 4. The van der Waals surface area contributed by atoms with E-state index in [0.717, 1.165) is 12.8 Å². The Labute approximate surface area is 129 Å². The molecule has 0 aromatic heterocycles. The predicted molar refractivity (Wildman–Crippen MR) is 84.3 cm³/mol. The molecule has 5 heteroatoms. The van der Waals surface area contributed by atoms with Crippen LogP contribution in [0.2, 0.25) is 0 Å². The minimum Gasteiger partial charge on any atom is -0.441 e. The molecule has 0 heterocycles. The van der Waals surface area contributed by atoms with E-state index in [1.54, 1.807) is 0 Å². The summed E-state index contributed by atoms with van der Waals surface area (Å²) in [5.41, 5.74) is 0. The SMILES string of the molecule is CCCCCCCCCCCCNC(=O)OC(CO)CO.